The van der Waals surface area contributed by atoms with Gasteiger partial charge in [-0.3, -0.25) is 4.79 Å². The molecule has 106 valence electrons. The van der Waals surface area contributed by atoms with Gasteiger partial charge in [-0.05, 0) is 30.2 Å². The molecule has 2 aromatic rings. The van der Waals surface area contributed by atoms with Gasteiger partial charge in [0.25, 0.3) is 0 Å². The SMILES string of the molecule is CC.CCC(=O)Oc1ccc(-c2ccc(C)cc2)cc1. The lowest BCUT2D eigenvalue weighted by Crippen LogP contribution is -2.05. The number of carbonyl (C=O) groups excluding carboxylic acids is 1. The molecule has 0 bridgehead atoms. The Balaban J connectivity index is 0.000000956. The minimum Gasteiger partial charge on any atom is -0.427 e. The Hall–Kier alpha value is -2.09. The molecule has 20 heavy (non-hydrogen) atoms. The van der Waals surface area contributed by atoms with Gasteiger partial charge in [-0.1, -0.05) is 62.7 Å². The van der Waals surface area contributed by atoms with Gasteiger partial charge in [0.05, 0.1) is 0 Å². The summed E-state index contributed by atoms with van der Waals surface area (Å²) in [6, 6.07) is 15.9. The van der Waals surface area contributed by atoms with Crippen LogP contribution in [0.5, 0.6) is 5.75 Å². The zero-order valence-electron chi connectivity index (χ0n) is 12.6. The molecule has 0 saturated carbocycles. The normalized spacial score (nSPS) is 9.40. The van der Waals surface area contributed by atoms with E-state index in [4.69, 9.17) is 4.74 Å². The Morgan fingerprint density at radius 1 is 0.900 bits per heavy atom. The summed E-state index contributed by atoms with van der Waals surface area (Å²) < 4.78 is 5.13. The van der Waals surface area contributed by atoms with Crippen molar-refractivity contribution in [1.82, 2.24) is 0 Å². The molecule has 0 unspecified atom stereocenters. The van der Waals surface area contributed by atoms with Gasteiger partial charge in [0, 0.05) is 6.42 Å². The Labute approximate surface area is 121 Å². The number of carbonyl (C=O) groups is 1. The molecule has 0 aliphatic heterocycles. The number of rotatable bonds is 3. The van der Waals surface area contributed by atoms with Gasteiger partial charge in [0.2, 0.25) is 0 Å². The van der Waals surface area contributed by atoms with Crippen LogP contribution in [-0.2, 0) is 4.79 Å². The Morgan fingerprint density at radius 2 is 1.35 bits per heavy atom. The number of ether oxygens (including phenoxy) is 1. The van der Waals surface area contributed by atoms with E-state index in [1.54, 1.807) is 6.92 Å². The van der Waals surface area contributed by atoms with Crippen molar-refractivity contribution in [1.29, 1.82) is 0 Å². The minimum absolute atomic E-state index is 0.210. The second-order valence-corrected chi connectivity index (χ2v) is 4.22. The van der Waals surface area contributed by atoms with Crippen LogP contribution in [-0.4, -0.2) is 5.97 Å². The molecule has 0 amide bonds. The highest BCUT2D eigenvalue weighted by molar-refractivity contribution is 5.72. The standard InChI is InChI=1S/C16H16O2.C2H6/c1-3-16(17)18-15-10-8-14(9-11-15)13-6-4-12(2)5-7-13;1-2/h4-11H,3H2,1-2H3;1-2H3. The summed E-state index contributed by atoms with van der Waals surface area (Å²) in [6.45, 7) is 7.85. The summed E-state index contributed by atoms with van der Waals surface area (Å²) in [6.07, 6.45) is 0.389. The highest BCUT2D eigenvalue weighted by Crippen LogP contribution is 2.22. The van der Waals surface area contributed by atoms with E-state index in [0.717, 1.165) is 11.1 Å². The zero-order chi connectivity index (χ0) is 15.0. The summed E-state index contributed by atoms with van der Waals surface area (Å²) in [5.74, 6) is 0.385. The number of hydrogen-bond donors (Lipinski definition) is 0. The highest BCUT2D eigenvalue weighted by atomic mass is 16.5. The average molecular weight is 270 g/mol. The summed E-state index contributed by atoms with van der Waals surface area (Å²) >= 11 is 0. The molecule has 0 fully saturated rings. The fourth-order valence-electron chi connectivity index (χ4n) is 1.67. The van der Waals surface area contributed by atoms with Crippen molar-refractivity contribution in [2.24, 2.45) is 0 Å². The van der Waals surface area contributed by atoms with E-state index in [-0.39, 0.29) is 5.97 Å². The first-order valence-electron chi connectivity index (χ1n) is 7.07. The van der Waals surface area contributed by atoms with Crippen LogP contribution >= 0.6 is 0 Å². The van der Waals surface area contributed by atoms with Crippen LogP contribution in [0.2, 0.25) is 0 Å². The third-order valence-corrected chi connectivity index (χ3v) is 2.76. The van der Waals surface area contributed by atoms with Crippen LogP contribution in [0, 0.1) is 6.92 Å². The Kier molecular flexibility index (Phi) is 6.51. The largest absolute Gasteiger partial charge is 0.427 e. The molecule has 0 N–H and O–H groups in total. The van der Waals surface area contributed by atoms with Crippen LogP contribution in [0.25, 0.3) is 11.1 Å². The molecular formula is C18H22O2. The van der Waals surface area contributed by atoms with Crippen LogP contribution in [0.15, 0.2) is 48.5 Å². The monoisotopic (exact) mass is 270 g/mol. The van der Waals surface area contributed by atoms with Crippen LogP contribution in [0.3, 0.4) is 0 Å². The molecule has 0 aromatic heterocycles. The summed E-state index contributed by atoms with van der Waals surface area (Å²) in [5.41, 5.74) is 3.52. The van der Waals surface area contributed by atoms with Crippen molar-refractivity contribution in [2.45, 2.75) is 34.1 Å². The molecular weight excluding hydrogens is 248 g/mol. The van der Waals surface area contributed by atoms with Crippen molar-refractivity contribution >= 4 is 5.97 Å². The highest BCUT2D eigenvalue weighted by Gasteiger charge is 2.02. The van der Waals surface area contributed by atoms with Gasteiger partial charge in [-0.2, -0.15) is 0 Å². The van der Waals surface area contributed by atoms with Crippen LogP contribution in [0.4, 0.5) is 0 Å². The van der Waals surface area contributed by atoms with Gasteiger partial charge in [0.15, 0.2) is 0 Å². The fraction of sp³-hybridized carbons (Fsp3) is 0.278. The average Bonchev–Trinajstić information content (AvgIpc) is 2.51. The molecule has 2 aromatic carbocycles. The minimum atomic E-state index is -0.210. The maximum Gasteiger partial charge on any atom is 0.310 e. The molecule has 2 heteroatoms. The van der Waals surface area contributed by atoms with E-state index >= 15 is 0 Å². The van der Waals surface area contributed by atoms with Gasteiger partial charge in [-0.25, -0.2) is 0 Å². The van der Waals surface area contributed by atoms with Crippen LogP contribution in [0.1, 0.15) is 32.8 Å². The van der Waals surface area contributed by atoms with E-state index in [2.05, 4.69) is 31.2 Å². The van der Waals surface area contributed by atoms with Crippen LogP contribution < -0.4 is 4.74 Å². The van der Waals surface area contributed by atoms with E-state index in [0.29, 0.717) is 12.2 Å². The first-order chi connectivity index (χ1) is 9.69. The van der Waals surface area contributed by atoms with Crippen molar-refractivity contribution in [3.63, 3.8) is 0 Å². The maximum absolute atomic E-state index is 11.2. The van der Waals surface area contributed by atoms with Crippen molar-refractivity contribution in [3.05, 3.63) is 54.1 Å². The predicted octanol–water partition coefficient (Wildman–Crippen LogP) is 5.00. The third kappa shape index (κ3) is 4.54. The predicted molar refractivity (Wildman–Crippen MR) is 83.9 cm³/mol. The molecule has 2 nitrogen and oxygen atoms in total. The Bertz CT molecular complexity index is 524. The van der Waals surface area contributed by atoms with Crippen molar-refractivity contribution < 1.29 is 9.53 Å². The van der Waals surface area contributed by atoms with E-state index in [1.807, 2.05) is 38.1 Å². The lowest BCUT2D eigenvalue weighted by atomic mass is 10.0. The molecule has 0 saturated heterocycles. The van der Waals surface area contributed by atoms with Crippen molar-refractivity contribution in [2.75, 3.05) is 0 Å². The van der Waals surface area contributed by atoms with Gasteiger partial charge in [-0.15, -0.1) is 0 Å². The topological polar surface area (TPSA) is 26.3 Å². The lowest BCUT2D eigenvalue weighted by Gasteiger charge is -2.05. The smallest absolute Gasteiger partial charge is 0.310 e. The van der Waals surface area contributed by atoms with E-state index in [1.165, 1.54) is 5.56 Å². The number of hydrogen-bond acceptors (Lipinski definition) is 2. The molecule has 0 aliphatic rings. The Morgan fingerprint density at radius 3 is 1.80 bits per heavy atom. The second-order valence-electron chi connectivity index (χ2n) is 4.22. The number of aryl methyl sites for hydroxylation is 1. The molecule has 0 radical (unpaired) electrons. The number of esters is 1. The molecule has 0 aliphatic carbocycles. The zero-order valence-corrected chi connectivity index (χ0v) is 12.6. The first kappa shape index (κ1) is 16.0. The van der Waals surface area contributed by atoms with Gasteiger partial charge in [0.1, 0.15) is 5.75 Å². The maximum atomic E-state index is 11.2. The first-order valence-corrected chi connectivity index (χ1v) is 7.07. The summed E-state index contributed by atoms with van der Waals surface area (Å²) in [5, 5.41) is 0. The molecule has 0 spiro atoms. The van der Waals surface area contributed by atoms with Gasteiger partial charge >= 0.3 is 5.97 Å². The summed E-state index contributed by atoms with van der Waals surface area (Å²) in [4.78, 5) is 11.2. The van der Waals surface area contributed by atoms with Crippen molar-refractivity contribution in [3.8, 4) is 16.9 Å². The van der Waals surface area contributed by atoms with E-state index < -0.39 is 0 Å². The fourth-order valence-corrected chi connectivity index (χ4v) is 1.67. The lowest BCUT2D eigenvalue weighted by molar-refractivity contribution is -0.134. The quantitative estimate of drug-likeness (QED) is 0.579. The van der Waals surface area contributed by atoms with Gasteiger partial charge < -0.3 is 4.74 Å². The molecule has 0 atom stereocenters. The molecule has 2 rings (SSSR count). The van der Waals surface area contributed by atoms with E-state index in [9.17, 15) is 4.79 Å². The summed E-state index contributed by atoms with van der Waals surface area (Å²) in [7, 11) is 0. The number of benzene rings is 2. The second kappa shape index (κ2) is 8.16. The molecule has 0 heterocycles. The third-order valence-electron chi connectivity index (χ3n) is 2.76.